The molecule has 0 bridgehead atoms. The first-order chi connectivity index (χ1) is 11.7. The standard InChI is InChI=1S/C14H12N4O6S/c1-25(23,24)11-4-8-9(5-10(11)17-3-2-15-7-17)18(6-12(19)20)14(22)13(21)16-8/h2-5,7H,6H2,1H3,(H,16,21)(H,19,20). The van der Waals surface area contributed by atoms with Crippen molar-refractivity contribution in [3.05, 3.63) is 51.6 Å². The van der Waals surface area contributed by atoms with Gasteiger partial charge in [0.25, 0.3) is 0 Å². The summed E-state index contributed by atoms with van der Waals surface area (Å²) in [6.45, 7) is -0.735. The summed E-state index contributed by atoms with van der Waals surface area (Å²) in [4.78, 5) is 40.8. The van der Waals surface area contributed by atoms with Crippen LogP contribution in [0.2, 0.25) is 0 Å². The lowest BCUT2D eigenvalue weighted by Crippen LogP contribution is -2.38. The van der Waals surface area contributed by atoms with Gasteiger partial charge in [-0.2, -0.15) is 0 Å². The van der Waals surface area contributed by atoms with Gasteiger partial charge in [-0.25, -0.2) is 13.4 Å². The minimum Gasteiger partial charge on any atom is -0.480 e. The van der Waals surface area contributed by atoms with E-state index in [4.69, 9.17) is 5.11 Å². The topological polar surface area (TPSA) is 144 Å². The number of hydrogen-bond acceptors (Lipinski definition) is 6. The van der Waals surface area contributed by atoms with E-state index in [9.17, 15) is 22.8 Å². The maximum absolute atomic E-state index is 12.1. The molecule has 0 saturated carbocycles. The van der Waals surface area contributed by atoms with E-state index in [2.05, 4.69) is 9.97 Å². The van der Waals surface area contributed by atoms with E-state index in [0.717, 1.165) is 10.8 Å². The fourth-order valence-electron chi connectivity index (χ4n) is 2.48. The SMILES string of the molecule is CS(=O)(=O)c1cc2[nH]c(=O)c(=O)n(CC(=O)O)c2cc1-n1ccnc1. The third-order valence-corrected chi connectivity index (χ3v) is 4.66. The minimum atomic E-state index is -3.68. The average molecular weight is 364 g/mol. The number of nitrogens with one attached hydrogen (secondary N) is 1. The summed E-state index contributed by atoms with van der Waals surface area (Å²) >= 11 is 0. The van der Waals surface area contributed by atoms with Gasteiger partial charge in [0.2, 0.25) is 0 Å². The van der Waals surface area contributed by atoms with Crippen molar-refractivity contribution in [2.24, 2.45) is 0 Å². The summed E-state index contributed by atoms with van der Waals surface area (Å²) in [6.07, 6.45) is 5.30. The first kappa shape index (κ1) is 16.6. The second kappa shape index (κ2) is 5.70. The van der Waals surface area contributed by atoms with Crippen LogP contribution in [0.4, 0.5) is 0 Å². The Morgan fingerprint density at radius 1 is 1.32 bits per heavy atom. The molecule has 3 rings (SSSR count). The lowest BCUT2D eigenvalue weighted by Gasteiger charge is -2.13. The molecule has 11 heteroatoms. The Morgan fingerprint density at radius 3 is 2.60 bits per heavy atom. The molecule has 0 spiro atoms. The number of benzene rings is 1. The third kappa shape index (κ3) is 2.96. The molecule has 2 N–H and O–H groups in total. The molecule has 3 aromatic rings. The summed E-state index contributed by atoms with van der Waals surface area (Å²) in [5, 5.41) is 9.00. The smallest absolute Gasteiger partial charge is 0.323 e. The minimum absolute atomic E-state index is 0.0372. The predicted molar refractivity (Wildman–Crippen MR) is 86.7 cm³/mol. The van der Waals surface area contributed by atoms with Crippen molar-refractivity contribution in [1.82, 2.24) is 19.1 Å². The van der Waals surface area contributed by atoms with Gasteiger partial charge in [-0.1, -0.05) is 0 Å². The highest BCUT2D eigenvalue weighted by Gasteiger charge is 2.19. The molecule has 0 unspecified atom stereocenters. The zero-order valence-electron chi connectivity index (χ0n) is 12.8. The molecule has 2 aromatic heterocycles. The van der Waals surface area contributed by atoms with E-state index >= 15 is 0 Å². The van der Waals surface area contributed by atoms with Crippen LogP contribution in [0.15, 0.2) is 45.3 Å². The van der Waals surface area contributed by atoms with Crippen LogP contribution in [0.1, 0.15) is 0 Å². The van der Waals surface area contributed by atoms with Crippen molar-refractivity contribution in [3.8, 4) is 5.69 Å². The summed E-state index contributed by atoms with van der Waals surface area (Å²) in [5.74, 6) is -1.31. The van der Waals surface area contributed by atoms with Crippen molar-refractivity contribution >= 4 is 26.8 Å². The molecule has 0 atom stereocenters. The van der Waals surface area contributed by atoms with Crippen LogP contribution in [0.5, 0.6) is 0 Å². The van der Waals surface area contributed by atoms with Crippen LogP contribution in [0.3, 0.4) is 0 Å². The Kier molecular flexibility index (Phi) is 3.80. The lowest BCUT2D eigenvalue weighted by atomic mass is 10.2. The van der Waals surface area contributed by atoms with Crippen LogP contribution in [0, 0.1) is 0 Å². The molecule has 0 aliphatic rings. The summed E-state index contributed by atoms with van der Waals surface area (Å²) < 4.78 is 26.4. The largest absolute Gasteiger partial charge is 0.480 e. The molecule has 0 amide bonds. The second-order valence-electron chi connectivity index (χ2n) is 5.32. The number of aliphatic carboxylic acids is 1. The van der Waals surface area contributed by atoms with Gasteiger partial charge in [0.05, 0.1) is 27.9 Å². The second-order valence-corrected chi connectivity index (χ2v) is 7.30. The van der Waals surface area contributed by atoms with Gasteiger partial charge < -0.3 is 14.7 Å². The summed E-state index contributed by atoms with van der Waals surface area (Å²) in [7, 11) is -3.68. The van der Waals surface area contributed by atoms with E-state index in [0.29, 0.717) is 0 Å². The van der Waals surface area contributed by atoms with Crippen molar-refractivity contribution in [2.75, 3.05) is 6.26 Å². The maximum Gasteiger partial charge on any atom is 0.323 e. The molecule has 130 valence electrons. The fourth-order valence-corrected chi connectivity index (χ4v) is 3.36. The molecule has 0 saturated heterocycles. The molecule has 0 fully saturated rings. The number of aromatic amines is 1. The number of carboxylic acids is 1. The quantitative estimate of drug-likeness (QED) is 0.586. The molecule has 1 aromatic carbocycles. The Morgan fingerprint density at radius 2 is 2.04 bits per heavy atom. The van der Waals surface area contributed by atoms with Crippen molar-refractivity contribution < 1.29 is 18.3 Å². The number of aromatic nitrogens is 4. The molecular formula is C14H12N4O6S. The van der Waals surface area contributed by atoms with Crippen LogP contribution in [-0.2, 0) is 21.2 Å². The molecule has 2 heterocycles. The highest BCUT2D eigenvalue weighted by atomic mass is 32.2. The van der Waals surface area contributed by atoms with Gasteiger partial charge in [-0.15, -0.1) is 0 Å². The van der Waals surface area contributed by atoms with Crippen LogP contribution in [0.25, 0.3) is 16.7 Å². The van der Waals surface area contributed by atoms with Gasteiger partial charge in [0.1, 0.15) is 6.54 Å². The van der Waals surface area contributed by atoms with Crippen molar-refractivity contribution in [1.29, 1.82) is 0 Å². The molecular weight excluding hydrogens is 352 g/mol. The summed E-state index contributed by atoms with van der Waals surface area (Å²) in [5.41, 5.74) is -1.78. The molecule has 10 nitrogen and oxygen atoms in total. The van der Waals surface area contributed by atoms with Crippen LogP contribution >= 0.6 is 0 Å². The number of imidazole rings is 1. The zero-order chi connectivity index (χ0) is 18.4. The highest BCUT2D eigenvalue weighted by molar-refractivity contribution is 7.90. The monoisotopic (exact) mass is 364 g/mol. The number of carbonyl (C=O) groups is 1. The van der Waals surface area contributed by atoms with E-state index < -0.39 is 33.5 Å². The zero-order valence-corrected chi connectivity index (χ0v) is 13.6. The number of fused-ring (bicyclic) bond motifs is 1. The van der Waals surface area contributed by atoms with Gasteiger partial charge in [-0.3, -0.25) is 19.0 Å². The maximum atomic E-state index is 12.1. The van der Waals surface area contributed by atoms with Gasteiger partial charge >= 0.3 is 17.1 Å². The van der Waals surface area contributed by atoms with E-state index in [1.165, 1.54) is 35.4 Å². The van der Waals surface area contributed by atoms with Gasteiger partial charge in [0.15, 0.2) is 9.84 Å². The number of nitrogens with zero attached hydrogens (tertiary/aromatic N) is 3. The Balaban J connectivity index is 2.50. The van der Waals surface area contributed by atoms with Crippen LogP contribution in [-0.4, -0.2) is 44.9 Å². The van der Waals surface area contributed by atoms with E-state index in [1.807, 2.05) is 0 Å². The van der Waals surface area contributed by atoms with Crippen molar-refractivity contribution in [2.45, 2.75) is 11.4 Å². The number of carboxylic acid groups (broad SMARTS) is 1. The Bertz CT molecular complexity index is 1200. The van der Waals surface area contributed by atoms with Gasteiger partial charge in [0, 0.05) is 18.6 Å². The molecule has 25 heavy (non-hydrogen) atoms. The summed E-state index contributed by atoms with van der Waals surface area (Å²) in [6, 6.07) is 2.52. The Hall–Kier alpha value is -3.21. The highest BCUT2D eigenvalue weighted by Crippen LogP contribution is 2.25. The number of H-pyrrole nitrogens is 1. The Labute approximate surface area is 139 Å². The fraction of sp³-hybridized carbons (Fsp3) is 0.143. The number of rotatable bonds is 4. The normalized spacial score (nSPS) is 11.7. The van der Waals surface area contributed by atoms with E-state index in [-0.39, 0.29) is 21.6 Å². The van der Waals surface area contributed by atoms with Crippen molar-refractivity contribution in [3.63, 3.8) is 0 Å². The third-order valence-electron chi connectivity index (χ3n) is 3.53. The van der Waals surface area contributed by atoms with E-state index in [1.54, 1.807) is 0 Å². The first-order valence-electron chi connectivity index (χ1n) is 6.89. The average Bonchev–Trinajstić information content (AvgIpc) is 3.04. The van der Waals surface area contributed by atoms with Gasteiger partial charge in [-0.05, 0) is 12.1 Å². The molecule has 0 aliphatic heterocycles. The molecule has 0 radical (unpaired) electrons. The number of sulfone groups is 1. The first-order valence-corrected chi connectivity index (χ1v) is 8.78. The van der Waals surface area contributed by atoms with Crippen LogP contribution < -0.4 is 11.1 Å². The number of hydrogen-bond donors (Lipinski definition) is 2. The predicted octanol–water partition coefficient (Wildman–Crippen LogP) is -0.636. The molecule has 0 aliphatic carbocycles. The lowest BCUT2D eigenvalue weighted by molar-refractivity contribution is -0.137.